The van der Waals surface area contributed by atoms with Gasteiger partial charge in [-0.3, -0.25) is 4.79 Å². The normalized spacial score (nSPS) is 19.9. The molecule has 1 N–H and O–H groups in total. The van der Waals surface area contributed by atoms with Gasteiger partial charge in [0.1, 0.15) is 17.6 Å². The number of nitriles is 1. The molecule has 1 aromatic heterocycles. The highest BCUT2D eigenvalue weighted by Crippen LogP contribution is 2.39. The molecule has 6 nitrogen and oxygen atoms in total. The minimum atomic E-state index is -0.293. The van der Waals surface area contributed by atoms with Crippen LogP contribution >= 0.6 is 0 Å². The van der Waals surface area contributed by atoms with Gasteiger partial charge in [0.05, 0.1) is 18.3 Å². The lowest BCUT2D eigenvalue weighted by Crippen LogP contribution is -2.45. The van der Waals surface area contributed by atoms with Gasteiger partial charge in [0.15, 0.2) is 0 Å². The van der Waals surface area contributed by atoms with Crippen molar-refractivity contribution >= 4 is 5.91 Å². The summed E-state index contributed by atoms with van der Waals surface area (Å²) in [5.74, 6) is 0.964. The van der Waals surface area contributed by atoms with E-state index in [0.717, 1.165) is 42.7 Å². The smallest absolute Gasteiger partial charge is 0.237 e. The molecule has 1 amide bonds. The van der Waals surface area contributed by atoms with E-state index in [1.54, 1.807) is 24.0 Å². The minimum absolute atomic E-state index is 0.0142. The number of aromatic nitrogens is 1. The van der Waals surface area contributed by atoms with E-state index in [9.17, 15) is 14.4 Å². The van der Waals surface area contributed by atoms with Crippen LogP contribution in [0.2, 0.25) is 0 Å². The van der Waals surface area contributed by atoms with Gasteiger partial charge in [-0.05, 0) is 63.3 Å². The summed E-state index contributed by atoms with van der Waals surface area (Å²) >= 11 is 0. The molecule has 2 aromatic rings. The third-order valence-electron chi connectivity index (χ3n) is 5.99. The molecule has 1 saturated heterocycles. The van der Waals surface area contributed by atoms with Crippen molar-refractivity contribution in [3.05, 3.63) is 41.0 Å². The first-order valence-electron chi connectivity index (χ1n) is 10.1. The van der Waals surface area contributed by atoms with Crippen LogP contribution in [0.1, 0.15) is 42.7 Å². The number of halogens is 1. The van der Waals surface area contributed by atoms with E-state index >= 15 is 0 Å². The van der Waals surface area contributed by atoms with E-state index in [1.807, 2.05) is 6.92 Å². The first kappa shape index (κ1) is 19.6. The number of nitrogens with one attached hydrogen (secondary N) is 1. The van der Waals surface area contributed by atoms with Crippen molar-refractivity contribution in [2.24, 2.45) is 0 Å². The Morgan fingerprint density at radius 3 is 2.93 bits per heavy atom. The fourth-order valence-corrected chi connectivity index (χ4v) is 3.94. The Balaban J connectivity index is 1.41. The largest absolute Gasteiger partial charge is 0.441 e. The summed E-state index contributed by atoms with van der Waals surface area (Å²) in [5, 5.41) is 12.6. The zero-order valence-electron chi connectivity index (χ0n) is 16.8. The van der Waals surface area contributed by atoms with Crippen LogP contribution in [0.4, 0.5) is 4.39 Å². The Morgan fingerprint density at radius 2 is 2.24 bits per heavy atom. The predicted octanol–water partition coefficient (Wildman–Crippen LogP) is 3.28. The Bertz CT molecular complexity index is 974. The molecule has 29 heavy (non-hydrogen) atoms. The van der Waals surface area contributed by atoms with E-state index in [1.165, 1.54) is 6.07 Å². The first-order valence-corrected chi connectivity index (χ1v) is 10.1. The molecule has 1 aliphatic heterocycles. The quantitative estimate of drug-likeness (QED) is 0.810. The van der Waals surface area contributed by atoms with Crippen molar-refractivity contribution in [1.29, 1.82) is 5.26 Å². The number of carbonyl (C=O) groups is 1. The van der Waals surface area contributed by atoms with Gasteiger partial charge >= 0.3 is 0 Å². The Morgan fingerprint density at radius 1 is 1.45 bits per heavy atom. The fourth-order valence-electron chi connectivity index (χ4n) is 3.94. The van der Waals surface area contributed by atoms with Crippen molar-refractivity contribution in [2.75, 3.05) is 13.1 Å². The van der Waals surface area contributed by atoms with E-state index in [-0.39, 0.29) is 29.8 Å². The second-order valence-corrected chi connectivity index (χ2v) is 8.17. The molecule has 4 rings (SSSR count). The number of likely N-dealkylation sites (tertiary alicyclic amines) is 1. The minimum Gasteiger partial charge on any atom is -0.441 e. The van der Waals surface area contributed by atoms with Gasteiger partial charge in [0.25, 0.3) is 0 Å². The monoisotopic (exact) mass is 396 g/mol. The number of aryl methyl sites for hydroxylation is 2. The molecule has 2 fully saturated rings. The molecule has 1 aliphatic carbocycles. The lowest BCUT2D eigenvalue weighted by atomic mass is 10.1. The standard InChI is InChI=1S/C22H25FN4O2/c1-14-10-16(5-6-18(14)23)21-26-19(15(2)29-21)11-22(7-8-22)25-13-20(28)27-9-3-4-17(27)12-24/h5-6,10,17,25H,3-4,7-9,11,13H2,1-2H3. The van der Waals surface area contributed by atoms with Gasteiger partial charge < -0.3 is 14.6 Å². The molecule has 2 heterocycles. The predicted molar refractivity (Wildman–Crippen MR) is 105 cm³/mol. The highest BCUT2D eigenvalue weighted by molar-refractivity contribution is 5.79. The van der Waals surface area contributed by atoms with Crippen LogP contribution in [0, 0.1) is 31.0 Å². The lowest BCUT2D eigenvalue weighted by Gasteiger charge is -2.22. The van der Waals surface area contributed by atoms with E-state index in [2.05, 4.69) is 16.4 Å². The zero-order valence-corrected chi connectivity index (χ0v) is 16.8. The summed E-state index contributed by atoms with van der Waals surface area (Å²) in [4.78, 5) is 18.8. The van der Waals surface area contributed by atoms with Crippen molar-refractivity contribution < 1.29 is 13.6 Å². The van der Waals surface area contributed by atoms with Gasteiger partial charge in [-0.25, -0.2) is 9.37 Å². The van der Waals surface area contributed by atoms with E-state index < -0.39 is 0 Å². The van der Waals surface area contributed by atoms with Crippen LogP contribution in [-0.4, -0.2) is 40.5 Å². The molecule has 1 atom stereocenters. The molecule has 152 valence electrons. The molecular formula is C22H25FN4O2. The van der Waals surface area contributed by atoms with E-state index in [0.29, 0.717) is 24.4 Å². The summed E-state index contributed by atoms with van der Waals surface area (Å²) in [6.07, 6.45) is 4.27. The highest BCUT2D eigenvalue weighted by Gasteiger charge is 2.44. The van der Waals surface area contributed by atoms with Gasteiger partial charge in [0.2, 0.25) is 11.8 Å². The average Bonchev–Trinajstić information content (AvgIpc) is 3.13. The molecule has 0 spiro atoms. The van der Waals surface area contributed by atoms with Crippen LogP contribution in [0.5, 0.6) is 0 Å². The van der Waals surface area contributed by atoms with Gasteiger partial charge in [0, 0.05) is 24.1 Å². The lowest BCUT2D eigenvalue weighted by molar-refractivity contribution is -0.130. The number of oxazole rings is 1. The van der Waals surface area contributed by atoms with Crippen LogP contribution < -0.4 is 5.32 Å². The number of carbonyl (C=O) groups excluding carboxylic acids is 1. The Hall–Kier alpha value is -2.72. The zero-order chi connectivity index (χ0) is 20.6. The summed E-state index contributed by atoms with van der Waals surface area (Å²) in [7, 11) is 0. The maximum Gasteiger partial charge on any atom is 0.237 e. The van der Waals surface area contributed by atoms with Crippen molar-refractivity contribution in [3.63, 3.8) is 0 Å². The third-order valence-corrected chi connectivity index (χ3v) is 5.99. The van der Waals surface area contributed by atoms with Gasteiger partial charge in [-0.1, -0.05) is 0 Å². The van der Waals surface area contributed by atoms with Crippen LogP contribution in [-0.2, 0) is 11.2 Å². The maximum absolute atomic E-state index is 13.5. The molecule has 0 radical (unpaired) electrons. The number of hydrogen-bond donors (Lipinski definition) is 1. The van der Waals surface area contributed by atoms with Crippen LogP contribution in [0.25, 0.3) is 11.5 Å². The van der Waals surface area contributed by atoms with Crippen molar-refractivity contribution in [3.8, 4) is 17.5 Å². The SMILES string of the molecule is Cc1cc(-c2nc(CC3(NCC(=O)N4CCCC4C#N)CC3)c(C)o2)ccc1F. The van der Waals surface area contributed by atoms with Crippen molar-refractivity contribution in [1.82, 2.24) is 15.2 Å². The van der Waals surface area contributed by atoms with E-state index in [4.69, 9.17) is 4.42 Å². The fraction of sp³-hybridized carbons (Fsp3) is 0.500. The molecule has 1 unspecified atom stereocenters. The summed E-state index contributed by atoms with van der Waals surface area (Å²) in [6, 6.07) is 6.74. The molecule has 7 heteroatoms. The molecular weight excluding hydrogens is 371 g/mol. The third kappa shape index (κ3) is 4.03. The average molecular weight is 396 g/mol. The van der Waals surface area contributed by atoms with Crippen LogP contribution in [0.15, 0.2) is 22.6 Å². The first-order chi connectivity index (χ1) is 13.9. The maximum atomic E-state index is 13.5. The topological polar surface area (TPSA) is 82.2 Å². The number of amides is 1. The number of nitrogens with zero attached hydrogens (tertiary/aromatic N) is 3. The summed E-state index contributed by atoms with van der Waals surface area (Å²) in [6.45, 7) is 4.49. The van der Waals surface area contributed by atoms with Crippen LogP contribution in [0.3, 0.4) is 0 Å². The molecule has 0 bridgehead atoms. The molecule has 2 aliphatic rings. The summed E-state index contributed by atoms with van der Waals surface area (Å²) in [5.41, 5.74) is 2.02. The second kappa shape index (κ2) is 7.60. The Kier molecular flexibility index (Phi) is 5.13. The summed E-state index contributed by atoms with van der Waals surface area (Å²) < 4.78 is 19.4. The van der Waals surface area contributed by atoms with Crippen molar-refractivity contribution in [2.45, 2.75) is 57.5 Å². The Labute approximate surface area is 169 Å². The number of benzene rings is 1. The van der Waals surface area contributed by atoms with Gasteiger partial charge in [-0.15, -0.1) is 0 Å². The highest BCUT2D eigenvalue weighted by atomic mass is 19.1. The molecule has 1 aromatic carbocycles. The molecule has 1 saturated carbocycles. The number of hydrogen-bond acceptors (Lipinski definition) is 5. The van der Waals surface area contributed by atoms with Gasteiger partial charge in [-0.2, -0.15) is 5.26 Å². The number of rotatable bonds is 6. The second-order valence-electron chi connectivity index (χ2n) is 8.17.